The second-order valence-corrected chi connectivity index (χ2v) is 4.51. The topological polar surface area (TPSA) is 77.2 Å². The Balaban J connectivity index is 1.70. The van der Waals surface area contributed by atoms with Crippen LogP contribution in [0.2, 0.25) is 0 Å². The molecule has 0 saturated carbocycles. The fraction of sp³-hybridized carbons (Fsp3) is 0.750. The second-order valence-electron chi connectivity index (χ2n) is 4.51. The minimum atomic E-state index is 0.0155. The Labute approximate surface area is 106 Å². The van der Waals surface area contributed by atoms with Crippen LogP contribution in [0, 0.1) is 5.92 Å². The van der Waals surface area contributed by atoms with E-state index in [9.17, 15) is 4.79 Å². The summed E-state index contributed by atoms with van der Waals surface area (Å²) in [5, 5.41) is 10.5. The molecule has 100 valence electrons. The minimum Gasteiger partial charge on any atom is -0.423 e. The highest BCUT2D eigenvalue weighted by Crippen LogP contribution is 2.16. The number of carbonyl (C=O) groups is 1. The van der Waals surface area contributed by atoms with E-state index in [1.54, 1.807) is 0 Å². The standard InChI is InChI=1S/C12H19N3O3/c1-2-11-14-15-12(18-11)7-13-10(16)6-9-4-3-5-17-8-9/h9H,2-8H2,1H3,(H,13,16)/t9-/m0/s1. The third-order valence-corrected chi connectivity index (χ3v) is 2.98. The molecule has 0 radical (unpaired) electrons. The maximum atomic E-state index is 11.7. The molecule has 0 spiro atoms. The van der Waals surface area contributed by atoms with E-state index >= 15 is 0 Å². The number of amides is 1. The van der Waals surface area contributed by atoms with Gasteiger partial charge in [0.15, 0.2) is 0 Å². The molecule has 1 aromatic heterocycles. The van der Waals surface area contributed by atoms with E-state index in [2.05, 4.69) is 15.5 Å². The lowest BCUT2D eigenvalue weighted by Crippen LogP contribution is -2.28. The number of hydrogen-bond donors (Lipinski definition) is 1. The van der Waals surface area contributed by atoms with Gasteiger partial charge >= 0.3 is 0 Å². The SMILES string of the molecule is CCc1nnc(CNC(=O)C[C@@H]2CCCOC2)o1. The number of nitrogens with zero attached hydrogens (tertiary/aromatic N) is 2. The molecule has 1 N–H and O–H groups in total. The molecule has 0 unspecified atom stereocenters. The van der Waals surface area contributed by atoms with Crippen LogP contribution < -0.4 is 5.32 Å². The Morgan fingerprint density at radius 3 is 2.94 bits per heavy atom. The lowest BCUT2D eigenvalue weighted by atomic mass is 9.98. The van der Waals surface area contributed by atoms with E-state index in [-0.39, 0.29) is 5.91 Å². The predicted molar refractivity (Wildman–Crippen MR) is 63.7 cm³/mol. The van der Waals surface area contributed by atoms with Crippen LogP contribution in [-0.4, -0.2) is 29.3 Å². The maximum Gasteiger partial charge on any atom is 0.235 e. The van der Waals surface area contributed by atoms with Gasteiger partial charge < -0.3 is 14.5 Å². The second kappa shape index (κ2) is 6.49. The monoisotopic (exact) mass is 253 g/mol. The molecule has 1 atom stereocenters. The smallest absolute Gasteiger partial charge is 0.235 e. The number of nitrogens with one attached hydrogen (secondary N) is 1. The first-order valence-corrected chi connectivity index (χ1v) is 6.43. The van der Waals surface area contributed by atoms with Crippen LogP contribution in [-0.2, 0) is 22.5 Å². The number of ether oxygens (including phenoxy) is 1. The summed E-state index contributed by atoms with van der Waals surface area (Å²) in [5.41, 5.74) is 0. The van der Waals surface area contributed by atoms with Gasteiger partial charge in [-0.15, -0.1) is 10.2 Å². The van der Waals surface area contributed by atoms with Gasteiger partial charge in [-0.05, 0) is 18.8 Å². The first-order chi connectivity index (χ1) is 8.78. The van der Waals surface area contributed by atoms with Gasteiger partial charge in [0.2, 0.25) is 17.7 Å². The summed E-state index contributed by atoms with van der Waals surface area (Å²) >= 11 is 0. The van der Waals surface area contributed by atoms with Crippen molar-refractivity contribution in [2.45, 2.75) is 39.2 Å². The summed E-state index contributed by atoms with van der Waals surface area (Å²) in [4.78, 5) is 11.7. The van der Waals surface area contributed by atoms with Crippen LogP contribution in [0.15, 0.2) is 4.42 Å². The van der Waals surface area contributed by atoms with Crippen molar-refractivity contribution in [1.29, 1.82) is 0 Å². The number of carbonyl (C=O) groups excluding carboxylic acids is 1. The molecule has 0 aromatic carbocycles. The van der Waals surface area contributed by atoms with E-state index in [1.807, 2.05) is 6.92 Å². The van der Waals surface area contributed by atoms with Gasteiger partial charge in [-0.25, -0.2) is 0 Å². The number of aryl methyl sites for hydroxylation is 1. The molecule has 1 aliphatic rings. The lowest BCUT2D eigenvalue weighted by Gasteiger charge is -2.21. The molecule has 0 bridgehead atoms. The van der Waals surface area contributed by atoms with Crippen molar-refractivity contribution < 1.29 is 13.9 Å². The van der Waals surface area contributed by atoms with Crippen molar-refractivity contribution in [2.75, 3.05) is 13.2 Å². The van der Waals surface area contributed by atoms with Gasteiger partial charge in [0.25, 0.3) is 0 Å². The number of rotatable bonds is 5. The van der Waals surface area contributed by atoms with Gasteiger partial charge in [-0.3, -0.25) is 4.79 Å². The fourth-order valence-corrected chi connectivity index (χ4v) is 1.98. The molecule has 18 heavy (non-hydrogen) atoms. The first-order valence-electron chi connectivity index (χ1n) is 6.43. The molecule has 0 aliphatic carbocycles. The van der Waals surface area contributed by atoms with Crippen molar-refractivity contribution in [3.63, 3.8) is 0 Å². The van der Waals surface area contributed by atoms with Crippen molar-refractivity contribution in [3.05, 3.63) is 11.8 Å². The highest BCUT2D eigenvalue weighted by molar-refractivity contribution is 5.76. The zero-order valence-corrected chi connectivity index (χ0v) is 10.6. The van der Waals surface area contributed by atoms with E-state index in [4.69, 9.17) is 9.15 Å². The quantitative estimate of drug-likeness (QED) is 0.849. The molecular weight excluding hydrogens is 234 g/mol. The lowest BCUT2D eigenvalue weighted by molar-refractivity contribution is -0.123. The highest BCUT2D eigenvalue weighted by atomic mass is 16.5. The summed E-state index contributed by atoms with van der Waals surface area (Å²) in [7, 11) is 0. The summed E-state index contributed by atoms with van der Waals surface area (Å²) < 4.78 is 10.7. The van der Waals surface area contributed by atoms with E-state index < -0.39 is 0 Å². The average Bonchev–Trinajstić information content (AvgIpc) is 2.85. The Bertz CT molecular complexity index is 386. The highest BCUT2D eigenvalue weighted by Gasteiger charge is 2.17. The van der Waals surface area contributed by atoms with Crippen LogP contribution in [0.5, 0.6) is 0 Å². The van der Waals surface area contributed by atoms with Gasteiger partial charge in [0, 0.05) is 26.1 Å². The van der Waals surface area contributed by atoms with Gasteiger partial charge in [-0.2, -0.15) is 0 Å². The third kappa shape index (κ3) is 3.80. The molecule has 6 nitrogen and oxygen atoms in total. The maximum absolute atomic E-state index is 11.7. The third-order valence-electron chi connectivity index (χ3n) is 2.98. The van der Waals surface area contributed by atoms with Crippen LogP contribution >= 0.6 is 0 Å². The van der Waals surface area contributed by atoms with E-state index in [0.29, 0.717) is 43.7 Å². The van der Waals surface area contributed by atoms with Crippen molar-refractivity contribution in [3.8, 4) is 0 Å². The normalized spacial score (nSPS) is 19.7. The van der Waals surface area contributed by atoms with Crippen molar-refractivity contribution in [2.24, 2.45) is 5.92 Å². The van der Waals surface area contributed by atoms with Crippen LogP contribution in [0.3, 0.4) is 0 Å². The number of aromatic nitrogens is 2. The number of hydrogen-bond acceptors (Lipinski definition) is 5. The van der Waals surface area contributed by atoms with Crippen molar-refractivity contribution >= 4 is 5.91 Å². The molecule has 1 fully saturated rings. The zero-order chi connectivity index (χ0) is 12.8. The predicted octanol–water partition coefficient (Wildman–Crippen LogP) is 1.06. The van der Waals surface area contributed by atoms with E-state index in [0.717, 1.165) is 19.4 Å². The Kier molecular flexibility index (Phi) is 4.69. The molecule has 2 rings (SSSR count). The summed E-state index contributed by atoms with van der Waals surface area (Å²) in [6, 6.07) is 0. The Morgan fingerprint density at radius 1 is 1.44 bits per heavy atom. The molecule has 6 heteroatoms. The van der Waals surface area contributed by atoms with Gasteiger partial charge in [0.1, 0.15) is 0 Å². The zero-order valence-electron chi connectivity index (χ0n) is 10.6. The molecule has 1 saturated heterocycles. The summed E-state index contributed by atoms with van der Waals surface area (Å²) in [5.74, 6) is 1.41. The summed E-state index contributed by atoms with van der Waals surface area (Å²) in [6.45, 7) is 3.76. The Hall–Kier alpha value is -1.43. The Morgan fingerprint density at radius 2 is 2.28 bits per heavy atom. The fourth-order valence-electron chi connectivity index (χ4n) is 1.98. The molecular formula is C12H19N3O3. The largest absolute Gasteiger partial charge is 0.423 e. The molecule has 2 heterocycles. The van der Waals surface area contributed by atoms with Gasteiger partial charge in [0.05, 0.1) is 6.54 Å². The first kappa shape index (κ1) is 13.0. The van der Waals surface area contributed by atoms with Crippen LogP contribution in [0.1, 0.15) is 38.0 Å². The molecule has 1 aromatic rings. The van der Waals surface area contributed by atoms with Crippen molar-refractivity contribution in [1.82, 2.24) is 15.5 Å². The minimum absolute atomic E-state index is 0.0155. The van der Waals surface area contributed by atoms with Crippen LogP contribution in [0.25, 0.3) is 0 Å². The summed E-state index contributed by atoms with van der Waals surface area (Å²) in [6.07, 6.45) is 3.32. The molecule has 1 amide bonds. The van der Waals surface area contributed by atoms with Gasteiger partial charge in [-0.1, -0.05) is 6.92 Å². The van der Waals surface area contributed by atoms with E-state index in [1.165, 1.54) is 0 Å². The van der Waals surface area contributed by atoms with Crippen LogP contribution in [0.4, 0.5) is 0 Å². The average molecular weight is 253 g/mol. The molecule has 1 aliphatic heterocycles.